The Kier molecular flexibility index (Phi) is 6.22. The molecule has 0 N–H and O–H groups in total. The number of hydrazone groups is 1. The Balaban J connectivity index is 1.41. The second-order valence-corrected chi connectivity index (χ2v) is 8.73. The lowest BCUT2D eigenvalue weighted by molar-refractivity contribution is -0.130. The van der Waals surface area contributed by atoms with Crippen LogP contribution in [0.15, 0.2) is 89.3 Å². The largest absolute Gasteiger partial charge is 0.497 e. The summed E-state index contributed by atoms with van der Waals surface area (Å²) in [6.07, 6.45) is 2.04. The second kappa shape index (κ2) is 9.61. The summed E-state index contributed by atoms with van der Waals surface area (Å²) < 4.78 is 18.8. The molecule has 2 heterocycles. The van der Waals surface area contributed by atoms with Crippen molar-refractivity contribution in [3.8, 4) is 5.75 Å². The number of halogens is 1. The van der Waals surface area contributed by atoms with E-state index in [4.69, 9.17) is 4.74 Å². The monoisotopic (exact) mass is 472 g/mol. The average Bonchev–Trinajstić information content (AvgIpc) is 3.33. The number of thioether (sulfide) groups is 1. The van der Waals surface area contributed by atoms with E-state index in [0.29, 0.717) is 6.42 Å². The van der Waals surface area contributed by atoms with E-state index < -0.39 is 0 Å². The average molecular weight is 473 g/mol. The molecular weight excluding hydrogens is 451 g/mol. The van der Waals surface area contributed by atoms with Crippen molar-refractivity contribution in [2.75, 3.05) is 12.9 Å². The number of amides is 1. The molecule has 8 heteroatoms. The van der Waals surface area contributed by atoms with Gasteiger partial charge in [0.1, 0.15) is 22.9 Å². The molecule has 34 heavy (non-hydrogen) atoms. The second-order valence-electron chi connectivity index (χ2n) is 7.77. The summed E-state index contributed by atoms with van der Waals surface area (Å²) >= 11 is 1.36. The van der Waals surface area contributed by atoms with Crippen LogP contribution in [0.5, 0.6) is 5.75 Å². The van der Waals surface area contributed by atoms with Gasteiger partial charge in [-0.25, -0.2) is 19.4 Å². The molecule has 1 aliphatic heterocycles. The van der Waals surface area contributed by atoms with Crippen molar-refractivity contribution < 1.29 is 13.9 Å². The fraction of sp³-hybridized carbons (Fsp3) is 0.154. The third kappa shape index (κ3) is 4.49. The SMILES string of the molecule is COc1ccc(C2=NN(C(=O)CSc3ncnc4ccccc34)C(c3ccc(F)cc3)C2)cc1. The van der Waals surface area contributed by atoms with Crippen molar-refractivity contribution in [2.45, 2.75) is 17.5 Å². The standard InChI is InChI=1S/C26H21FN4O2S/c1-33-20-12-8-17(9-13-20)23-14-24(18-6-10-19(27)11-7-18)31(30-23)25(32)15-34-26-21-4-2-3-5-22(21)28-16-29-26/h2-13,16,24H,14-15H2,1H3. The molecule has 1 unspecified atom stereocenters. The van der Waals surface area contributed by atoms with Crippen LogP contribution in [-0.4, -0.2) is 39.5 Å². The maximum Gasteiger partial charge on any atom is 0.253 e. The minimum atomic E-state index is -0.317. The number of rotatable bonds is 6. The number of benzene rings is 3. The van der Waals surface area contributed by atoms with E-state index >= 15 is 0 Å². The fourth-order valence-corrected chi connectivity index (χ4v) is 4.78. The molecule has 0 bridgehead atoms. The maximum absolute atomic E-state index is 13.5. The quantitative estimate of drug-likeness (QED) is 0.283. The lowest BCUT2D eigenvalue weighted by Crippen LogP contribution is -2.28. The van der Waals surface area contributed by atoms with Crippen LogP contribution in [0.25, 0.3) is 10.9 Å². The zero-order valence-corrected chi connectivity index (χ0v) is 19.2. The lowest BCUT2D eigenvalue weighted by atomic mass is 9.98. The molecule has 1 aliphatic rings. The predicted octanol–water partition coefficient (Wildman–Crippen LogP) is 5.25. The summed E-state index contributed by atoms with van der Waals surface area (Å²) in [6.45, 7) is 0. The van der Waals surface area contributed by atoms with Gasteiger partial charge >= 0.3 is 0 Å². The van der Waals surface area contributed by atoms with Crippen LogP contribution in [0, 0.1) is 5.82 Å². The Morgan fingerprint density at radius 3 is 2.59 bits per heavy atom. The van der Waals surface area contributed by atoms with E-state index in [2.05, 4.69) is 15.1 Å². The molecule has 0 fully saturated rings. The number of nitrogens with zero attached hydrogens (tertiary/aromatic N) is 4. The first kappa shape index (κ1) is 22.0. The minimum absolute atomic E-state index is 0.148. The van der Waals surface area contributed by atoms with Crippen LogP contribution in [0.3, 0.4) is 0 Å². The van der Waals surface area contributed by atoms with Crippen molar-refractivity contribution in [1.29, 1.82) is 0 Å². The van der Waals surface area contributed by atoms with Gasteiger partial charge in [0.05, 0.1) is 30.1 Å². The molecule has 1 atom stereocenters. The highest BCUT2D eigenvalue weighted by atomic mass is 32.2. The topological polar surface area (TPSA) is 67.7 Å². The van der Waals surface area contributed by atoms with E-state index in [1.54, 1.807) is 19.2 Å². The van der Waals surface area contributed by atoms with Gasteiger partial charge < -0.3 is 4.74 Å². The van der Waals surface area contributed by atoms with Crippen LogP contribution in [0.1, 0.15) is 23.6 Å². The number of fused-ring (bicyclic) bond motifs is 1. The lowest BCUT2D eigenvalue weighted by Gasteiger charge is -2.22. The minimum Gasteiger partial charge on any atom is -0.497 e. The summed E-state index contributed by atoms with van der Waals surface area (Å²) in [5.41, 5.74) is 3.37. The Morgan fingerprint density at radius 1 is 1.06 bits per heavy atom. The molecule has 0 spiro atoms. The summed E-state index contributed by atoms with van der Waals surface area (Å²) in [6, 6.07) is 21.2. The van der Waals surface area contributed by atoms with Gasteiger partial charge in [-0.1, -0.05) is 42.1 Å². The zero-order valence-electron chi connectivity index (χ0n) is 18.4. The van der Waals surface area contributed by atoms with Gasteiger partial charge in [0.15, 0.2) is 0 Å². The van der Waals surface area contributed by atoms with E-state index in [9.17, 15) is 9.18 Å². The van der Waals surface area contributed by atoms with Gasteiger partial charge in [0.25, 0.3) is 5.91 Å². The summed E-state index contributed by atoms with van der Waals surface area (Å²) in [4.78, 5) is 22.0. The molecule has 1 amide bonds. The van der Waals surface area contributed by atoms with Crippen LogP contribution in [-0.2, 0) is 4.79 Å². The van der Waals surface area contributed by atoms with Gasteiger partial charge in [0.2, 0.25) is 0 Å². The van der Waals surface area contributed by atoms with E-state index in [-0.39, 0.29) is 23.5 Å². The summed E-state index contributed by atoms with van der Waals surface area (Å²) in [5.74, 6) is 0.449. The van der Waals surface area contributed by atoms with E-state index in [1.807, 2.05) is 48.5 Å². The summed E-state index contributed by atoms with van der Waals surface area (Å²) in [7, 11) is 1.62. The normalized spacial score (nSPS) is 15.4. The molecular formula is C26H21FN4O2S. The van der Waals surface area contributed by atoms with Gasteiger partial charge in [-0.2, -0.15) is 5.10 Å². The number of carbonyl (C=O) groups is 1. The highest BCUT2D eigenvalue weighted by Gasteiger charge is 2.33. The molecule has 0 radical (unpaired) electrons. The van der Waals surface area contributed by atoms with Crippen LogP contribution in [0.4, 0.5) is 4.39 Å². The Labute approximate surface area is 200 Å². The first-order valence-electron chi connectivity index (χ1n) is 10.7. The van der Waals surface area contributed by atoms with Crippen LogP contribution in [0.2, 0.25) is 0 Å². The molecule has 0 saturated heterocycles. The number of hydrogen-bond acceptors (Lipinski definition) is 6. The van der Waals surface area contributed by atoms with Crippen molar-refractivity contribution in [1.82, 2.24) is 15.0 Å². The number of aromatic nitrogens is 2. The van der Waals surface area contributed by atoms with E-state index in [1.165, 1.54) is 35.2 Å². The van der Waals surface area contributed by atoms with Crippen molar-refractivity contribution >= 4 is 34.3 Å². The number of ether oxygens (including phenoxy) is 1. The molecule has 4 aromatic rings. The zero-order chi connectivity index (χ0) is 23.5. The molecule has 3 aromatic carbocycles. The van der Waals surface area contributed by atoms with Crippen LogP contribution >= 0.6 is 11.8 Å². The third-order valence-electron chi connectivity index (χ3n) is 5.68. The number of hydrogen-bond donors (Lipinski definition) is 0. The first-order valence-corrected chi connectivity index (χ1v) is 11.7. The van der Waals surface area contributed by atoms with Crippen molar-refractivity contribution in [3.05, 3.63) is 96.1 Å². The number of carbonyl (C=O) groups excluding carboxylic acids is 1. The van der Waals surface area contributed by atoms with Crippen molar-refractivity contribution in [2.24, 2.45) is 5.10 Å². The Morgan fingerprint density at radius 2 is 1.82 bits per heavy atom. The maximum atomic E-state index is 13.5. The molecule has 0 saturated carbocycles. The molecule has 5 rings (SSSR count). The Bertz CT molecular complexity index is 1350. The smallest absolute Gasteiger partial charge is 0.253 e. The highest BCUT2D eigenvalue weighted by Crippen LogP contribution is 2.34. The van der Waals surface area contributed by atoms with Gasteiger partial charge in [-0.05, 0) is 53.6 Å². The predicted molar refractivity (Wildman–Crippen MR) is 130 cm³/mol. The van der Waals surface area contributed by atoms with Gasteiger partial charge in [-0.3, -0.25) is 4.79 Å². The first-order chi connectivity index (χ1) is 16.6. The van der Waals surface area contributed by atoms with Crippen molar-refractivity contribution in [3.63, 3.8) is 0 Å². The van der Waals surface area contributed by atoms with E-state index in [0.717, 1.165) is 38.5 Å². The molecule has 170 valence electrons. The summed E-state index contributed by atoms with van der Waals surface area (Å²) in [5, 5.41) is 7.86. The third-order valence-corrected chi connectivity index (χ3v) is 6.67. The molecule has 1 aromatic heterocycles. The molecule has 6 nitrogen and oxygen atoms in total. The van der Waals surface area contributed by atoms with Crippen LogP contribution < -0.4 is 4.74 Å². The number of para-hydroxylation sites is 1. The van der Waals surface area contributed by atoms with Gasteiger partial charge in [0, 0.05) is 11.8 Å². The highest BCUT2D eigenvalue weighted by molar-refractivity contribution is 8.00. The fourth-order valence-electron chi connectivity index (χ4n) is 3.93. The Hall–Kier alpha value is -3.78. The molecule has 0 aliphatic carbocycles. The van der Waals surface area contributed by atoms with Gasteiger partial charge in [-0.15, -0.1) is 0 Å². The number of methoxy groups -OCH3 is 1.